The van der Waals surface area contributed by atoms with Crippen molar-refractivity contribution in [1.82, 2.24) is 14.5 Å². The van der Waals surface area contributed by atoms with Gasteiger partial charge >= 0.3 is 0 Å². The van der Waals surface area contributed by atoms with E-state index in [0.717, 1.165) is 50.4 Å². The topological polar surface area (TPSA) is 43.9 Å². The standard InChI is InChI=1S/C47H31N3O/c1-47(2)35-25-26-38-42(41(35)34-24-27-40-43(44(34)47)33-16-8-11-19-39(33)51-40)32-15-7-10-18-37(32)50(38)30-22-20-29(21-23-30)46-48-36-17-9-6-14-31(36)45(49-46)28-12-4-3-5-13-28/h3-27H,1-2H3. The Kier molecular flexibility index (Phi) is 5.70. The average molecular weight is 654 g/mol. The maximum absolute atomic E-state index is 6.37. The Balaban J connectivity index is 1.11. The monoisotopic (exact) mass is 653 g/mol. The van der Waals surface area contributed by atoms with Crippen molar-refractivity contribution in [3.05, 3.63) is 163 Å². The third-order valence-electron chi connectivity index (χ3n) is 11.0. The van der Waals surface area contributed by atoms with Gasteiger partial charge in [0.25, 0.3) is 0 Å². The molecule has 1 aliphatic carbocycles. The minimum absolute atomic E-state index is 0.200. The van der Waals surface area contributed by atoms with E-state index in [1.165, 1.54) is 54.8 Å². The maximum atomic E-state index is 6.37. The van der Waals surface area contributed by atoms with Gasteiger partial charge in [-0.3, -0.25) is 0 Å². The molecule has 0 atom stereocenters. The number of hydrogen-bond donors (Lipinski definition) is 0. The van der Waals surface area contributed by atoms with Crippen LogP contribution in [0.15, 0.2) is 156 Å². The largest absolute Gasteiger partial charge is 0.456 e. The molecule has 0 saturated carbocycles. The Hall–Kier alpha value is -6.52. The van der Waals surface area contributed by atoms with Crippen LogP contribution < -0.4 is 0 Å². The second kappa shape index (κ2) is 10.3. The number of rotatable bonds is 3. The van der Waals surface area contributed by atoms with Crippen LogP contribution in [-0.2, 0) is 5.41 Å². The lowest BCUT2D eigenvalue weighted by molar-refractivity contribution is 0.657. The van der Waals surface area contributed by atoms with E-state index in [2.05, 4.69) is 146 Å². The third-order valence-corrected chi connectivity index (χ3v) is 11.0. The number of benzene rings is 7. The number of fused-ring (bicyclic) bond motifs is 12. The van der Waals surface area contributed by atoms with Gasteiger partial charge in [-0.15, -0.1) is 0 Å². The SMILES string of the molecule is CC1(C)c2ccc3c(c2-c2ccc4oc5ccccc5c4c21)c1ccccc1n3-c1ccc(-c2nc(-c3ccccc3)c3ccccc3n2)cc1. The quantitative estimate of drug-likeness (QED) is 0.191. The van der Waals surface area contributed by atoms with Gasteiger partial charge in [-0.2, -0.15) is 0 Å². The number of nitrogens with zero attached hydrogens (tertiary/aromatic N) is 3. The molecular formula is C47H31N3O. The molecule has 10 aromatic rings. The molecule has 7 aromatic carbocycles. The van der Waals surface area contributed by atoms with Gasteiger partial charge in [-0.25, -0.2) is 9.97 Å². The summed E-state index contributed by atoms with van der Waals surface area (Å²) in [4.78, 5) is 10.1. The van der Waals surface area contributed by atoms with Crippen molar-refractivity contribution in [2.45, 2.75) is 19.3 Å². The lowest BCUT2D eigenvalue weighted by atomic mass is 9.80. The molecule has 0 unspecified atom stereocenters. The highest BCUT2D eigenvalue weighted by molar-refractivity contribution is 6.20. The van der Waals surface area contributed by atoms with E-state index in [1.807, 2.05) is 24.3 Å². The molecule has 4 nitrogen and oxygen atoms in total. The molecule has 0 fully saturated rings. The van der Waals surface area contributed by atoms with Crippen LogP contribution in [0.4, 0.5) is 0 Å². The maximum Gasteiger partial charge on any atom is 0.160 e. The van der Waals surface area contributed by atoms with Crippen molar-refractivity contribution in [1.29, 1.82) is 0 Å². The van der Waals surface area contributed by atoms with Crippen molar-refractivity contribution in [2.24, 2.45) is 0 Å². The highest BCUT2D eigenvalue weighted by atomic mass is 16.3. The van der Waals surface area contributed by atoms with Crippen LogP contribution >= 0.6 is 0 Å². The molecule has 0 bridgehead atoms. The summed E-state index contributed by atoms with van der Waals surface area (Å²) >= 11 is 0. The van der Waals surface area contributed by atoms with Crippen LogP contribution in [0.3, 0.4) is 0 Å². The van der Waals surface area contributed by atoms with Crippen molar-refractivity contribution in [3.8, 4) is 39.5 Å². The van der Waals surface area contributed by atoms with Crippen molar-refractivity contribution in [3.63, 3.8) is 0 Å². The molecule has 3 aromatic heterocycles. The number of furan rings is 1. The van der Waals surface area contributed by atoms with Gasteiger partial charge in [0.05, 0.1) is 22.2 Å². The molecule has 240 valence electrons. The molecule has 4 heteroatoms. The fourth-order valence-electron chi connectivity index (χ4n) is 8.73. The van der Waals surface area contributed by atoms with Gasteiger partial charge in [0, 0.05) is 49.2 Å². The van der Waals surface area contributed by atoms with Gasteiger partial charge in [0.1, 0.15) is 11.2 Å². The summed E-state index contributed by atoms with van der Waals surface area (Å²) in [5.41, 5.74) is 14.4. The molecule has 0 aliphatic heterocycles. The molecular weight excluding hydrogens is 623 g/mol. The zero-order chi connectivity index (χ0) is 33.8. The summed E-state index contributed by atoms with van der Waals surface area (Å²) in [5.74, 6) is 0.719. The first-order valence-electron chi connectivity index (χ1n) is 17.5. The summed E-state index contributed by atoms with van der Waals surface area (Å²) in [6, 6.07) is 53.7. The first kappa shape index (κ1) is 28.3. The summed E-state index contributed by atoms with van der Waals surface area (Å²) < 4.78 is 8.77. The predicted molar refractivity (Wildman–Crippen MR) is 210 cm³/mol. The molecule has 3 heterocycles. The van der Waals surface area contributed by atoms with Crippen LogP contribution in [0.5, 0.6) is 0 Å². The van der Waals surface area contributed by atoms with E-state index in [0.29, 0.717) is 0 Å². The second-order valence-electron chi connectivity index (χ2n) is 14.1. The Morgan fingerprint density at radius 2 is 1.25 bits per heavy atom. The van der Waals surface area contributed by atoms with Crippen LogP contribution in [0.1, 0.15) is 25.0 Å². The van der Waals surface area contributed by atoms with Gasteiger partial charge < -0.3 is 8.98 Å². The number of para-hydroxylation sites is 3. The zero-order valence-corrected chi connectivity index (χ0v) is 28.2. The highest BCUT2D eigenvalue weighted by Gasteiger charge is 2.40. The molecule has 0 amide bonds. The number of aromatic nitrogens is 3. The highest BCUT2D eigenvalue weighted by Crippen LogP contribution is 2.56. The minimum Gasteiger partial charge on any atom is -0.456 e. The summed E-state index contributed by atoms with van der Waals surface area (Å²) in [7, 11) is 0. The van der Waals surface area contributed by atoms with E-state index >= 15 is 0 Å². The van der Waals surface area contributed by atoms with Crippen molar-refractivity contribution < 1.29 is 4.42 Å². The lowest BCUT2D eigenvalue weighted by Gasteiger charge is -2.22. The molecule has 1 aliphatic rings. The summed E-state index contributed by atoms with van der Waals surface area (Å²) in [6.07, 6.45) is 0. The Bertz CT molecular complexity index is 3040. The normalized spacial score (nSPS) is 13.5. The minimum atomic E-state index is -0.200. The first-order valence-corrected chi connectivity index (χ1v) is 17.5. The van der Waals surface area contributed by atoms with E-state index in [4.69, 9.17) is 14.4 Å². The predicted octanol–water partition coefficient (Wildman–Crippen LogP) is 12.3. The van der Waals surface area contributed by atoms with E-state index in [-0.39, 0.29) is 5.41 Å². The Morgan fingerprint density at radius 3 is 2.10 bits per heavy atom. The molecule has 0 spiro atoms. The van der Waals surface area contributed by atoms with Gasteiger partial charge in [-0.05, 0) is 76.9 Å². The average Bonchev–Trinajstić information content (AvgIpc) is 3.80. The molecule has 0 saturated heterocycles. The van der Waals surface area contributed by atoms with Gasteiger partial charge in [0.15, 0.2) is 5.82 Å². The van der Waals surface area contributed by atoms with Crippen LogP contribution in [0, 0.1) is 0 Å². The smallest absolute Gasteiger partial charge is 0.160 e. The second-order valence-corrected chi connectivity index (χ2v) is 14.1. The molecule has 11 rings (SSSR count). The van der Waals surface area contributed by atoms with E-state index in [1.54, 1.807) is 0 Å². The van der Waals surface area contributed by atoms with Gasteiger partial charge in [0.2, 0.25) is 0 Å². The molecule has 0 radical (unpaired) electrons. The van der Waals surface area contributed by atoms with Crippen LogP contribution in [0.25, 0.3) is 94.1 Å². The van der Waals surface area contributed by atoms with Crippen molar-refractivity contribution in [2.75, 3.05) is 0 Å². The Labute approximate surface area is 294 Å². The van der Waals surface area contributed by atoms with Crippen LogP contribution in [-0.4, -0.2) is 14.5 Å². The lowest BCUT2D eigenvalue weighted by Crippen LogP contribution is -2.15. The summed E-state index contributed by atoms with van der Waals surface area (Å²) in [5, 5.41) is 5.99. The fourth-order valence-corrected chi connectivity index (χ4v) is 8.73. The molecule has 0 N–H and O–H groups in total. The first-order chi connectivity index (χ1) is 25.1. The molecule has 51 heavy (non-hydrogen) atoms. The fraction of sp³-hybridized carbons (Fsp3) is 0.0638. The van der Waals surface area contributed by atoms with E-state index < -0.39 is 0 Å². The van der Waals surface area contributed by atoms with Gasteiger partial charge in [-0.1, -0.05) is 111 Å². The van der Waals surface area contributed by atoms with E-state index in [9.17, 15) is 0 Å². The van der Waals surface area contributed by atoms with Crippen LogP contribution in [0.2, 0.25) is 0 Å². The van der Waals surface area contributed by atoms with Crippen molar-refractivity contribution >= 4 is 54.6 Å². The number of hydrogen-bond acceptors (Lipinski definition) is 3. The third kappa shape index (κ3) is 3.90. The zero-order valence-electron chi connectivity index (χ0n) is 28.2. The Morgan fingerprint density at radius 1 is 0.529 bits per heavy atom. The summed E-state index contributed by atoms with van der Waals surface area (Å²) in [6.45, 7) is 4.72.